The Morgan fingerprint density at radius 3 is 2.96 bits per heavy atom. The van der Waals surface area contributed by atoms with E-state index in [2.05, 4.69) is 25.7 Å². The van der Waals surface area contributed by atoms with Crippen LogP contribution in [0.2, 0.25) is 0 Å². The number of ketones is 1. The van der Waals surface area contributed by atoms with E-state index in [0.29, 0.717) is 47.3 Å². The number of nitrogens with one attached hydrogen (secondary N) is 2. The number of rotatable bonds is 9. The van der Waals surface area contributed by atoms with E-state index in [-0.39, 0.29) is 18.3 Å². The summed E-state index contributed by atoms with van der Waals surface area (Å²) in [5.41, 5.74) is 1.57. The molecule has 28 heavy (non-hydrogen) atoms. The van der Waals surface area contributed by atoms with E-state index in [1.54, 1.807) is 37.0 Å². The second kappa shape index (κ2) is 8.66. The smallest absolute Gasteiger partial charge is 0.237 e. The van der Waals surface area contributed by atoms with Gasteiger partial charge in [0.1, 0.15) is 17.3 Å². The Balaban J connectivity index is 1.96. The van der Waals surface area contributed by atoms with Gasteiger partial charge >= 0.3 is 0 Å². The predicted octanol–water partition coefficient (Wildman–Crippen LogP) is 2.51. The van der Waals surface area contributed by atoms with Gasteiger partial charge in [0.2, 0.25) is 5.88 Å². The van der Waals surface area contributed by atoms with Crippen LogP contribution < -0.4 is 15.4 Å². The van der Waals surface area contributed by atoms with Gasteiger partial charge in [-0.15, -0.1) is 0 Å². The Bertz CT molecular complexity index is 971. The first-order valence-corrected chi connectivity index (χ1v) is 9.04. The summed E-state index contributed by atoms with van der Waals surface area (Å²) in [4.78, 5) is 21.4. The van der Waals surface area contributed by atoms with Crippen molar-refractivity contribution in [2.45, 2.75) is 19.8 Å². The van der Waals surface area contributed by atoms with Crippen molar-refractivity contribution in [3.8, 4) is 5.88 Å². The molecule has 0 unspecified atom stereocenters. The lowest BCUT2D eigenvalue weighted by Gasteiger charge is -2.12. The third kappa shape index (κ3) is 4.04. The molecule has 0 radical (unpaired) electrons. The maximum atomic E-state index is 12.7. The second-order valence-electron chi connectivity index (χ2n) is 6.51. The molecule has 0 aromatic carbocycles. The molecule has 9 nitrogen and oxygen atoms in total. The Labute approximate surface area is 162 Å². The van der Waals surface area contributed by atoms with Crippen LogP contribution in [-0.4, -0.2) is 51.2 Å². The second-order valence-corrected chi connectivity index (χ2v) is 6.51. The number of anilines is 3. The van der Waals surface area contributed by atoms with Crippen LogP contribution in [0, 0.1) is 5.92 Å². The Kier molecular flexibility index (Phi) is 6.05. The number of aliphatic hydroxyl groups is 1. The number of aromatic nitrogens is 4. The van der Waals surface area contributed by atoms with Crippen LogP contribution in [0.25, 0.3) is 5.65 Å². The van der Waals surface area contributed by atoms with Crippen LogP contribution in [0.1, 0.15) is 30.1 Å². The van der Waals surface area contributed by atoms with Crippen LogP contribution in [-0.2, 0) is 0 Å². The van der Waals surface area contributed by atoms with Crippen LogP contribution >= 0.6 is 0 Å². The monoisotopic (exact) mass is 384 g/mol. The molecule has 3 N–H and O–H groups in total. The Morgan fingerprint density at radius 2 is 2.25 bits per heavy atom. The minimum Gasteiger partial charge on any atom is -0.480 e. The molecular weight excluding hydrogens is 360 g/mol. The Morgan fingerprint density at radius 1 is 1.43 bits per heavy atom. The molecular formula is C19H24N6O3. The number of hydrogen-bond donors (Lipinski definition) is 3. The molecule has 3 rings (SSSR count). The average Bonchev–Trinajstić information content (AvgIpc) is 3.15. The molecule has 0 aliphatic rings. The fraction of sp³-hybridized carbons (Fsp3) is 0.368. The zero-order valence-electron chi connectivity index (χ0n) is 16.1. The average molecular weight is 384 g/mol. The molecule has 0 fully saturated rings. The number of carbonyl (C=O) groups excluding carboxylic acids is 1. The van der Waals surface area contributed by atoms with E-state index in [4.69, 9.17) is 9.84 Å². The van der Waals surface area contributed by atoms with E-state index in [9.17, 15) is 4.79 Å². The van der Waals surface area contributed by atoms with Gasteiger partial charge in [-0.1, -0.05) is 6.92 Å². The molecule has 9 heteroatoms. The van der Waals surface area contributed by atoms with Crippen LogP contribution in [0.15, 0.2) is 30.6 Å². The first-order valence-electron chi connectivity index (χ1n) is 9.04. The van der Waals surface area contributed by atoms with Gasteiger partial charge in [0, 0.05) is 32.3 Å². The standard InChI is InChI=1S/C19H24N6O3/c1-12(11-26)6-7-15(27)13-10-22-25-17(20-2)9-16(24-18(13)25)23-14-5-4-8-21-19(14)28-3/h4-5,8-10,12,20,26H,6-7,11H2,1-3H3,(H,23,24)/t12-/m0/s1. The topological polar surface area (TPSA) is 114 Å². The lowest BCUT2D eigenvalue weighted by molar-refractivity contribution is 0.0970. The van der Waals surface area contributed by atoms with Crippen molar-refractivity contribution >= 4 is 28.8 Å². The summed E-state index contributed by atoms with van der Waals surface area (Å²) in [6, 6.07) is 5.41. The third-order valence-electron chi connectivity index (χ3n) is 4.43. The van der Waals surface area contributed by atoms with Crippen LogP contribution in [0.4, 0.5) is 17.3 Å². The molecule has 0 aliphatic carbocycles. The van der Waals surface area contributed by atoms with Crippen LogP contribution in [0.3, 0.4) is 0 Å². The lowest BCUT2D eigenvalue weighted by atomic mass is 10.0. The molecule has 0 amide bonds. The van der Waals surface area contributed by atoms with E-state index in [1.807, 2.05) is 13.0 Å². The molecule has 3 heterocycles. The number of pyridine rings is 1. The molecule has 3 aromatic heterocycles. The molecule has 1 atom stereocenters. The van der Waals surface area contributed by atoms with Crippen molar-refractivity contribution in [3.63, 3.8) is 0 Å². The van der Waals surface area contributed by atoms with Crippen LogP contribution in [0.5, 0.6) is 5.88 Å². The van der Waals surface area contributed by atoms with Crippen molar-refractivity contribution in [2.75, 3.05) is 31.4 Å². The summed E-state index contributed by atoms with van der Waals surface area (Å²) in [6.07, 6.45) is 4.11. The van der Waals surface area contributed by atoms with Gasteiger partial charge in [0.25, 0.3) is 0 Å². The molecule has 0 aliphatic heterocycles. The third-order valence-corrected chi connectivity index (χ3v) is 4.43. The summed E-state index contributed by atoms with van der Waals surface area (Å²) in [6.45, 7) is 1.97. The summed E-state index contributed by atoms with van der Waals surface area (Å²) >= 11 is 0. The van der Waals surface area contributed by atoms with Gasteiger partial charge in [-0.05, 0) is 24.5 Å². The van der Waals surface area contributed by atoms with Gasteiger partial charge in [0.05, 0.1) is 18.9 Å². The highest BCUT2D eigenvalue weighted by molar-refractivity contribution is 6.01. The van der Waals surface area contributed by atoms with E-state index < -0.39 is 0 Å². The molecule has 0 saturated heterocycles. The number of nitrogens with zero attached hydrogens (tertiary/aromatic N) is 4. The SMILES string of the molecule is CNc1cc(Nc2cccnc2OC)nc2c(C(=O)CC[C@H](C)CO)cnn12. The van der Waals surface area contributed by atoms with Gasteiger partial charge in [0.15, 0.2) is 11.4 Å². The van der Waals surface area contributed by atoms with Crippen molar-refractivity contribution in [1.82, 2.24) is 19.6 Å². The molecule has 0 spiro atoms. The van der Waals surface area contributed by atoms with E-state index in [0.717, 1.165) is 0 Å². The van der Waals surface area contributed by atoms with Gasteiger partial charge < -0.3 is 20.5 Å². The normalized spacial score (nSPS) is 12.0. The fourth-order valence-corrected chi connectivity index (χ4v) is 2.79. The number of methoxy groups -OCH3 is 1. The molecule has 148 valence electrons. The summed E-state index contributed by atoms with van der Waals surface area (Å²) in [5, 5.41) is 19.7. The summed E-state index contributed by atoms with van der Waals surface area (Å²) in [7, 11) is 3.32. The largest absolute Gasteiger partial charge is 0.480 e. The van der Waals surface area contributed by atoms with Gasteiger partial charge in [-0.25, -0.2) is 9.97 Å². The zero-order chi connectivity index (χ0) is 20.1. The molecule has 0 saturated carbocycles. The number of aliphatic hydroxyl groups excluding tert-OH is 1. The highest BCUT2D eigenvalue weighted by Gasteiger charge is 2.18. The lowest BCUT2D eigenvalue weighted by Crippen LogP contribution is -2.08. The van der Waals surface area contributed by atoms with Gasteiger partial charge in [-0.2, -0.15) is 9.61 Å². The predicted molar refractivity (Wildman–Crippen MR) is 106 cm³/mol. The van der Waals surface area contributed by atoms with E-state index in [1.165, 1.54) is 6.20 Å². The van der Waals surface area contributed by atoms with Crippen molar-refractivity contribution in [3.05, 3.63) is 36.2 Å². The van der Waals surface area contributed by atoms with Gasteiger partial charge in [-0.3, -0.25) is 4.79 Å². The zero-order valence-corrected chi connectivity index (χ0v) is 16.1. The fourth-order valence-electron chi connectivity index (χ4n) is 2.79. The first-order chi connectivity index (χ1) is 13.6. The molecule has 0 bridgehead atoms. The maximum Gasteiger partial charge on any atom is 0.237 e. The Hall–Kier alpha value is -3.20. The van der Waals surface area contributed by atoms with Crippen molar-refractivity contribution in [2.24, 2.45) is 5.92 Å². The van der Waals surface area contributed by atoms with Crippen molar-refractivity contribution in [1.29, 1.82) is 0 Å². The van der Waals surface area contributed by atoms with E-state index >= 15 is 0 Å². The minimum absolute atomic E-state index is 0.0547. The quantitative estimate of drug-likeness (QED) is 0.482. The maximum absolute atomic E-state index is 12.7. The highest BCUT2D eigenvalue weighted by Crippen LogP contribution is 2.26. The minimum atomic E-state index is -0.0547. The summed E-state index contributed by atoms with van der Waals surface area (Å²) in [5.74, 6) is 1.67. The summed E-state index contributed by atoms with van der Waals surface area (Å²) < 4.78 is 6.86. The number of hydrogen-bond acceptors (Lipinski definition) is 8. The molecule has 3 aromatic rings. The number of fused-ring (bicyclic) bond motifs is 1. The first kappa shape index (κ1) is 19.6. The number of carbonyl (C=O) groups is 1. The van der Waals surface area contributed by atoms with Crippen molar-refractivity contribution < 1.29 is 14.6 Å². The highest BCUT2D eigenvalue weighted by atomic mass is 16.5. The number of Topliss-reactive ketones (excluding diaryl/α,β-unsaturated/α-hetero) is 1. The number of ether oxygens (including phenoxy) is 1.